The van der Waals surface area contributed by atoms with Crippen LogP contribution in [0, 0.1) is 11.8 Å². The average molecular weight is 178 g/mol. The Morgan fingerprint density at radius 3 is 3.08 bits per heavy atom. The Kier molecular flexibility index (Phi) is 3.47. The minimum absolute atomic E-state index is 0.119. The first-order valence-electron chi connectivity index (χ1n) is 4.39. The molecule has 2 N–H and O–H groups in total. The van der Waals surface area contributed by atoms with Gasteiger partial charge in [-0.15, -0.1) is 0 Å². The van der Waals surface area contributed by atoms with Crippen LogP contribution in [0.2, 0.25) is 0 Å². The normalized spacial score (nSPS) is 11.9. The fourth-order valence-electron chi connectivity index (χ4n) is 0.915. The number of aryl methyl sites for hydroxylation is 1. The monoisotopic (exact) mass is 178 g/mol. The van der Waals surface area contributed by atoms with E-state index in [-0.39, 0.29) is 6.04 Å². The Morgan fingerprint density at radius 2 is 2.46 bits per heavy atom. The third-order valence-electron chi connectivity index (χ3n) is 1.46. The highest BCUT2D eigenvalue weighted by Gasteiger charge is 1.98. The van der Waals surface area contributed by atoms with Crippen molar-refractivity contribution < 1.29 is 0 Å². The fraction of sp³-hybridized carbons (Fsp3) is 0.556. The molecule has 4 heteroatoms. The van der Waals surface area contributed by atoms with Crippen LogP contribution in [0.3, 0.4) is 0 Å². The van der Waals surface area contributed by atoms with Gasteiger partial charge in [0, 0.05) is 6.54 Å². The standard InChI is InChI=1S/C9H14N4/c1-3-6-13-9(11-7-12-13)5-4-8(2)10/h7-8H,3,6,10H2,1-2H3. The minimum Gasteiger partial charge on any atom is -0.318 e. The van der Waals surface area contributed by atoms with Gasteiger partial charge in [-0.25, -0.2) is 9.67 Å². The first kappa shape index (κ1) is 9.75. The van der Waals surface area contributed by atoms with Crippen molar-refractivity contribution in [3.05, 3.63) is 12.2 Å². The number of hydrogen-bond acceptors (Lipinski definition) is 3. The highest BCUT2D eigenvalue weighted by atomic mass is 15.3. The Morgan fingerprint density at radius 1 is 1.69 bits per heavy atom. The summed E-state index contributed by atoms with van der Waals surface area (Å²) in [6.07, 6.45) is 2.54. The van der Waals surface area contributed by atoms with Crippen LogP contribution in [0.5, 0.6) is 0 Å². The van der Waals surface area contributed by atoms with Crippen LogP contribution in [-0.2, 0) is 6.54 Å². The molecule has 0 spiro atoms. The molecule has 13 heavy (non-hydrogen) atoms. The fourth-order valence-corrected chi connectivity index (χ4v) is 0.915. The van der Waals surface area contributed by atoms with Crippen molar-refractivity contribution in [3.63, 3.8) is 0 Å². The van der Waals surface area contributed by atoms with Gasteiger partial charge in [-0.2, -0.15) is 5.10 Å². The largest absolute Gasteiger partial charge is 0.318 e. The summed E-state index contributed by atoms with van der Waals surface area (Å²) in [5.41, 5.74) is 5.50. The van der Waals surface area contributed by atoms with E-state index >= 15 is 0 Å². The Bertz CT molecular complexity index is 316. The molecule has 0 aromatic carbocycles. The lowest BCUT2D eigenvalue weighted by molar-refractivity contribution is 0.594. The van der Waals surface area contributed by atoms with Gasteiger partial charge in [0.1, 0.15) is 6.33 Å². The van der Waals surface area contributed by atoms with Gasteiger partial charge in [-0.05, 0) is 19.3 Å². The van der Waals surface area contributed by atoms with Crippen LogP contribution in [0.4, 0.5) is 0 Å². The Balaban J connectivity index is 2.77. The van der Waals surface area contributed by atoms with Crippen LogP contribution in [0.25, 0.3) is 0 Å². The van der Waals surface area contributed by atoms with Crippen molar-refractivity contribution in [2.75, 3.05) is 0 Å². The van der Waals surface area contributed by atoms with Crippen LogP contribution >= 0.6 is 0 Å². The summed E-state index contributed by atoms with van der Waals surface area (Å²) in [4.78, 5) is 4.03. The van der Waals surface area contributed by atoms with Crippen LogP contribution < -0.4 is 5.73 Å². The van der Waals surface area contributed by atoms with Crippen LogP contribution in [0.15, 0.2) is 6.33 Å². The van der Waals surface area contributed by atoms with Gasteiger partial charge in [0.15, 0.2) is 0 Å². The second-order valence-corrected chi connectivity index (χ2v) is 2.86. The summed E-state index contributed by atoms with van der Waals surface area (Å²) >= 11 is 0. The second-order valence-electron chi connectivity index (χ2n) is 2.86. The van der Waals surface area contributed by atoms with E-state index in [1.807, 2.05) is 6.92 Å². The summed E-state index contributed by atoms with van der Waals surface area (Å²) < 4.78 is 1.79. The van der Waals surface area contributed by atoms with Gasteiger partial charge in [0.25, 0.3) is 0 Å². The van der Waals surface area contributed by atoms with E-state index in [1.54, 1.807) is 4.68 Å². The van der Waals surface area contributed by atoms with Crippen LogP contribution in [-0.4, -0.2) is 20.8 Å². The molecule has 0 radical (unpaired) electrons. The van der Waals surface area contributed by atoms with Crippen molar-refractivity contribution in [2.45, 2.75) is 32.9 Å². The molecule has 1 aromatic rings. The number of nitrogens with two attached hydrogens (primary N) is 1. The lowest BCUT2D eigenvalue weighted by Gasteiger charge is -1.97. The summed E-state index contributed by atoms with van der Waals surface area (Å²) in [7, 11) is 0. The molecule has 0 aliphatic carbocycles. The third-order valence-corrected chi connectivity index (χ3v) is 1.46. The van der Waals surface area contributed by atoms with Crippen molar-refractivity contribution in [1.29, 1.82) is 0 Å². The Labute approximate surface area is 78.2 Å². The number of nitrogens with zero attached hydrogens (tertiary/aromatic N) is 3. The molecule has 70 valence electrons. The highest BCUT2D eigenvalue weighted by molar-refractivity contribution is 5.21. The molecule has 0 bridgehead atoms. The zero-order chi connectivity index (χ0) is 9.68. The van der Waals surface area contributed by atoms with Crippen molar-refractivity contribution in [2.24, 2.45) is 5.73 Å². The zero-order valence-corrected chi connectivity index (χ0v) is 7.99. The molecule has 1 unspecified atom stereocenters. The topological polar surface area (TPSA) is 56.7 Å². The molecule has 1 heterocycles. The Hall–Kier alpha value is -1.34. The summed E-state index contributed by atoms with van der Waals surface area (Å²) in [6.45, 7) is 4.78. The number of aromatic nitrogens is 3. The molecule has 0 saturated heterocycles. The lowest BCUT2D eigenvalue weighted by Crippen LogP contribution is -2.11. The van der Waals surface area contributed by atoms with Gasteiger partial charge in [0.05, 0.1) is 6.04 Å². The van der Waals surface area contributed by atoms with E-state index in [4.69, 9.17) is 5.73 Å². The van der Waals surface area contributed by atoms with Gasteiger partial charge in [-0.3, -0.25) is 0 Å². The third kappa shape index (κ3) is 2.88. The SMILES string of the molecule is CCCn1ncnc1C#CC(C)N. The second kappa shape index (κ2) is 4.63. The van der Waals surface area contributed by atoms with E-state index in [1.165, 1.54) is 6.33 Å². The molecular weight excluding hydrogens is 164 g/mol. The maximum atomic E-state index is 5.50. The first-order valence-corrected chi connectivity index (χ1v) is 4.39. The molecule has 1 atom stereocenters. The van der Waals surface area contributed by atoms with Crippen molar-refractivity contribution in [3.8, 4) is 11.8 Å². The summed E-state index contributed by atoms with van der Waals surface area (Å²) in [5.74, 6) is 6.44. The van der Waals surface area contributed by atoms with Gasteiger partial charge in [0.2, 0.25) is 5.82 Å². The highest BCUT2D eigenvalue weighted by Crippen LogP contribution is 1.93. The molecule has 1 rings (SSSR count). The number of hydrogen-bond donors (Lipinski definition) is 1. The average Bonchev–Trinajstić information content (AvgIpc) is 2.49. The molecule has 1 aromatic heterocycles. The predicted molar refractivity (Wildman–Crippen MR) is 50.8 cm³/mol. The summed E-state index contributed by atoms with van der Waals surface area (Å²) in [6, 6.07) is -0.119. The molecule has 0 fully saturated rings. The van der Waals surface area contributed by atoms with Gasteiger partial charge >= 0.3 is 0 Å². The molecule has 0 aliphatic rings. The maximum Gasteiger partial charge on any atom is 0.203 e. The molecule has 0 aliphatic heterocycles. The smallest absolute Gasteiger partial charge is 0.203 e. The molecule has 4 nitrogen and oxygen atoms in total. The van der Waals surface area contributed by atoms with Crippen molar-refractivity contribution >= 4 is 0 Å². The molecular formula is C9H14N4. The zero-order valence-electron chi connectivity index (χ0n) is 7.99. The van der Waals surface area contributed by atoms with Gasteiger partial charge < -0.3 is 5.73 Å². The predicted octanol–water partition coefficient (Wildman–Crippen LogP) is 0.387. The maximum absolute atomic E-state index is 5.50. The van der Waals surface area contributed by atoms with E-state index in [2.05, 4.69) is 28.8 Å². The summed E-state index contributed by atoms with van der Waals surface area (Å²) in [5, 5.41) is 4.05. The first-order chi connectivity index (χ1) is 6.24. The number of rotatable bonds is 2. The molecule has 0 amide bonds. The van der Waals surface area contributed by atoms with Crippen LogP contribution in [0.1, 0.15) is 26.1 Å². The van der Waals surface area contributed by atoms with E-state index < -0.39 is 0 Å². The quantitative estimate of drug-likeness (QED) is 0.666. The van der Waals surface area contributed by atoms with E-state index in [0.29, 0.717) is 5.82 Å². The van der Waals surface area contributed by atoms with E-state index in [9.17, 15) is 0 Å². The lowest BCUT2D eigenvalue weighted by atomic mass is 10.3. The van der Waals surface area contributed by atoms with E-state index in [0.717, 1.165) is 13.0 Å². The van der Waals surface area contributed by atoms with Gasteiger partial charge in [-0.1, -0.05) is 12.8 Å². The molecule has 0 saturated carbocycles. The van der Waals surface area contributed by atoms with Crippen molar-refractivity contribution in [1.82, 2.24) is 14.8 Å². The minimum atomic E-state index is -0.119.